The quantitative estimate of drug-likeness (QED) is 0.130. The Labute approximate surface area is 263 Å². The molecule has 0 aliphatic heterocycles. The maximum absolute atomic E-state index is 13.3. The molecule has 0 fully saturated rings. The number of tetrazole rings is 1. The van der Waals surface area contributed by atoms with Gasteiger partial charge in [0.15, 0.2) is 5.78 Å². The number of aryl methyl sites for hydroxylation is 1. The first-order valence-corrected chi connectivity index (χ1v) is 14.7. The smallest absolute Gasteiger partial charge is 0.295 e. The molecule has 0 spiro atoms. The highest BCUT2D eigenvalue weighted by Gasteiger charge is 2.25. The number of hydrogen-bond acceptors (Lipinski definition) is 10. The van der Waals surface area contributed by atoms with Gasteiger partial charge in [0.05, 0.1) is 23.7 Å². The molecule has 0 radical (unpaired) electrons. The minimum atomic E-state index is -1.20. The van der Waals surface area contributed by atoms with Gasteiger partial charge in [0.1, 0.15) is 29.1 Å². The Morgan fingerprint density at radius 1 is 1.09 bits per heavy atom. The lowest BCUT2D eigenvalue weighted by atomic mass is 10.0. The number of halogens is 1. The third-order valence-electron chi connectivity index (χ3n) is 6.75. The van der Waals surface area contributed by atoms with Crippen molar-refractivity contribution in [2.24, 2.45) is 0 Å². The fourth-order valence-electron chi connectivity index (χ4n) is 4.41. The highest BCUT2D eigenvalue weighted by atomic mass is 79.9. The van der Waals surface area contributed by atoms with E-state index in [-0.39, 0.29) is 41.0 Å². The van der Waals surface area contributed by atoms with Crippen LogP contribution in [0.2, 0.25) is 0 Å². The van der Waals surface area contributed by atoms with Gasteiger partial charge in [0, 0.05) is 17.3 Å². The lowest BCUT2D eigenvalue weighted by Gasteiger charge is -2.25. The molecule has 4 rings (SSSR count). The molecule has 3 aromatic carbocycles. The van der Waals surface area contributed by atoms with Gasteiger partial charge < -0.3 is 29.7 Å². The number of methoxy groups -OCH3 is 1. The monoisotopic (exact) mass is 667 g/mol. The average molecular weight is 669 g/mol. The molecule has 12 nitrogen and oxygen atoms in total. The maximum atomic E-state index is 13.3. The zero-order valence-corrected chi connectivity index (χ0v) is 26.6. The molecule has 2 atom stereocenters. The van der Waals surface area contributed by atoms with E-state index in [9.17, 15) is 19.8 Å². The summed E-state index contributed by atoms with van der Waals surface area (Å²) in [6.45, 7) is 6.89. The van der Waals surface area contributed by atoms with E-state index < -0.39 is 18.3 Å². The number of ether oxygens (including phenoxy) is 3. The van der Waals surface area contributed by atoms with Crippen molar-refractivity contribution in [3.05, 3.63) is 81.1 Å². The number of benzene rings is 3. The second-order valence-electron chi connectivity index (χ2n) is 10.1. The van der Waals surface area contributed by atoms with Crippen LogP contribution in [-0.2, 0) is 13.0 Å². The Morgan fingerprint density at radius 2 is 1.80 bits per heavy atom. The topological polar surface area (TPSA) is 158 Å². The number of nitrogens with zero attached hydrogens (tertiary/aromatic N) is 4. The third kappa shape index (κ3) is 7.53. The largest absolute Gasteiger partial charge is 0.507 e. The van der Waals surface area contributed by atoms with Gasteiger partial charge in [-0.2, -0.15) is 0 Å². The number of hydrogen-bond donors (Lipinski definition) is 3. The van der Waals surface area contributed by atoms with E-state index in [0.717, 1.165) is 11.1 Å². The van der Waals surface area contributed by atoms with E-state index in [0.29, 0.717) is 34.3 Å². The van der Waals surface area contributed by atoms with Crippen molar-refractivity contribution in [3.63, 3.8) is 0 Å². The molecule has 0 aliphatic rings. The van der Waals surface area contributed by atoms with Gasteiger partial charge in [-0.05, 0) is 95.0 Å². The second-order valence-corrected chi connectivity index (χ2v) is 11.0. The number of ketones is 1. The van der Waals surface area contributed by atoms with E-state index in [1.54, 1.807) is 25.3 Å². The van der Waals surface area contributed by atoms with Crippen molar-refractivity contribution in [2.75, 3.05) is 12.4 Å². The summed E-state index contributed by atoms with van der Waals surface area (Å²) < 4.78 is 19.3. The third-order valence-corrected chi connectivity index (χ3v) is 7.37. The first-order chi connectivity index (χ1) is 21.0. The van der Waals surface area contributed by atoms with Crippen molar-refractivity contribution in [1.82, 2.24) is 20.2 Å². The fraction of sp³-hybridized carbons (Fsp3) is 0.323. The Balaban J connectivity index is 1.55. The standard InChI is InChI=1S/C31H34BrN5O7/c1-6-7-23-26(13-12-22(18(3)38)28(23)40)43-31(19(4)39)44-27-15-25(17(2)14-24(27)32)33-30(41)29-34-35-36-37(29)16-20-8-10-21(42-5)11-9-20/h8-15,19,31,39-40H,6-7,16H2,1-5H3,(H,33,41). The summed E-state index contributed by atoms with van der Waals surface area (Å²) in [5.41, 5.74) is 2.64. The predicted octanol–water partition coefficient (Wildman–Crippen LogP) is 5.08. The van der Waals surface area contributed by atoms with E-state index >= 15 is 0 Å². The number of carbonyl (C=O) groups is 2. The molecule has 1 aromatic heterocycles. The van der Waals surface area contributed by atoms with Gasteiger partial charge in [-0.15, -0.1) is 5.10 Å². The number of Topliss-reactive ketones (excluding diaryl/α,β-unsaturated/α-hetero) is 1. The summed E-state index contributed by atoms with van der Waals surface area (Å²) in [5, 5.41) is 35.7. The number of nitrogens with one attached hydrogen (secondary N) is 1. The molecule has 232 valence electrons. The molecule has 0 aliphatic carbocycles. The van der Waals surface area contributed by atoms with Gasteiger partial charge >= 0.3 is 0 Å². The molecule has 44 heavy (non-hydrogen) atoms. The minimum Gasteiger partial charge on any atom is -0.507 e. The highest BCUT2D eigenvalue weighted by molar-refractivity contribution is 9.10. The summed E-state index contributed by atoms with van der Waals surface area (Å²) in [7, 11) is 1.58. The van der Waals surface area contributed by atoms with Gasteiger partial charge in [-0.25, -0.2) is 4.68 Å². The number of aliphatic hydroxyl groups is 1. The summed E-state index contributed by atoms with van der Waals surface area (Å²) in [6, 6.07) is 13.7. The van der Waals surface area contributed by atoms with E-state index in [1.165, 1.54) is 24.6 Å². The van der Waals surface area contributed by atoms with Crippen LogP contribution in [0.15, 0.2) is 53.0 Å². The van der Waals surface area contributed by atoms with E-state index in [4.69, 9.17) is 14.2 Å². The van der Waals surface area contributed by atoms with Crippen molar-refractivity contribution >= 4 is 33.3 Å². The Bertz CT molecular complexity index is 1640. The van der Waals surface area contributed by atoms with Crippen molar-refractivity contribution in [3.8, 4) is 23.0 Å². The van der Waals surface area contributed by atoms with Crippen LogP contribution in [0.1, 0.15) is 64.9 Å². The molecule has 0 bridgehead atoms. The van der Waals surface area contributed by atoms with Crippen LogP contribution in [0, 0.1) is 6.92 Å². The van der Waals surface area contributed by atoms with E-state index in [2.05, 4.69) is 36.8 Å². The molecule has 0 saturated carbocycles. The highest BCUT2D eigenvalue weighted by Crippen LogP contribution is 2.36. The summed E-state index contributed by atoms with van der Waals surface area (Å²) in [5.74, 6) is 0.305. The van der Waals surface area contributed by atoms with Gasteiger partial charge in [0.2, 0.25) is 5.82 Å². The zero-order valence-electron chi connectivity index (χ0n) is 25.0. The number of anilines is 1. The first-order valence-electron chi connectivity index (χ1n) is 13.9. The van der Waals surface area contributed by atoms with Gasteiger partial charge in [-0.1, -0.05) is 25.5 Å². The van der Waals surface area contributed by atoms with Gasteiger partial charge in [-0.3, -0.25) is 9.59 Å². The molecular weight excluding hydrogens is 634 g/mol. The summed E-state index contributed by atoms with van der Waals surface area (Å²) in [4.78, 5) is 25.2. The molecule has 1 amide bonds. The predicted molar refractivity (Wildman–Crippen MR) is 166 cm³/mol. The molecule has 2 unspecified atom stereocenters. The number of phenols is 1. The number of rotatable bonds is 13. The van der Waals surface area contributed by atoms with Crippen LogP contribution in [0.25, 0.3) is 0 Å². The molecule has 13 heteroatoms. The normalized spacial score (nSPS) is 12.3. The zero-order chi connectivity index (χ0) is 32.0. The van der Waals surface area contributed by atoms with Gasteiger partial charge in [0.25, 0.3) is 12.2 Å². The number of aliphatic hydroxyl groups excluding tert-OH is 1. The number of amides is 1. The second kappa shape index (κ2) is 14.3. The first kappa shape index (κ1) is 32.4. The Kier molecular flexibility index (Phi) is 10.6. The molecule has 3 N–H and O–H groups in total. The van der Waals surface area contributed by atoms with Crippen LogP contribution >= 0.6 is 15.9 Å². The van der Waals surface area contributed by atoms with Crippen molar-refractivity contribution in [2.45, 2.75) is 59.5 Å². The molecule has 1 heterocycles. The fourth-order valence-corrected chi connectivity index (χ4v) is 4.96. The van der Waals surface area contributed by atoms with Crippen LogP contribution in [-0.4, -0.2) is 61.6 Å². The summed E-state index contributed by atoms with van der Waals surface area (Å²) >= 11 is 3.49. The SMILES string of the molecule is CCCc1c(OC(Oc2cc(NC(=O)c3nnnn3Cc3ccc(OC)cc3)c(C)cc2Br)C(C)O)ccc(C(C)=O)c1O. The van der Waals surface area contributed by atoms with Crippen molar-refractivity contribution < 1.29 is 34.0 Å². The number of carbonyl (C=O) groups excluding carboxylic acids is 2. The van der Waals surface area contributed by atoms with Crippen LogP contribution < -0.4 is 19.5 Å². The number of aromatic nitrogens is 4. The van der Waals surface area contributed by atoms with E-state index in [1.807, 2.05) is 38.1 Å². The van der Waals surface area contributed by atoms with Crippen molar-refractivity contribution in [1.29, 1.82) is 0 Å². The Hall–Kier alpha value is -4.49. The molecular formula is C31H34BrN5O7. The molecule has 0 saturated heterocycles. The van der Waals surface area contributed by atoms with Crippen LogP contribution in [0.4, 0.5) is 5.69 Å². The maximum Gasteiger partial charge on any atom is 0.295 e. The van der Waals surface area contributed by atoms with Crippen LogP contribution in [0.5, 0.6) is 23.0 Å². The number of phenolic OH excluding ortho intramolecular Hbond substituents is 1. The minimum absolute atomic E-state index is 0.00747. The number of aromatic hydroxyl groups is 1. The summed E-state index contributed by atoms with van der Waals surface area (Å²) in [6.07, 6.45) is -1.18. The average Bonchev–Trinajstić information content (AvgIpc) is 3.45. The van der Waals surface area contributed by atoms with Crippen LogP contribution in [0.3, 0.4) is 0 Å². The lowest BCUT2D eigenvalue weighted by molar-refractivity contribution is -0.0786. The molecule has 4 aromatic rings. The lowest BCUT2D eigenvalue weighted by Crippen LogP contribution is -2.35. The Morgan fingerprint density at radius 3 is 2.43 bits per heavy atom.